The smallest absolute Gasteiger partial charge is 0.165 e. The number of rotatable bonds is 6. The number of benzene rings is 2. The summed E-state index contributed by atoms with van der Waals surface area (Å²) >= 11 is 0. The number of nitrogens with one attached hydrogen (secondary N) is 2. The molecule has 2 N–H and O–H groups in total. The molecule has 154 valence electrons. The molecule has 0 aliphatic carbocycles. The third kappa shape index (κ3) is 4.04. The summed E-state index contributed by atoms with van der Waals surface area (Å²) in [5.41, 5.74) is 1.56. The molecule has 0 amide bonds. The number of para-hydroxylation sites is 1. The molecular formula is C24H16N6O2. The first kappa shape index (κ1) is 19.1. The van der Waals surface area contributed by atoms with Crippen molar-refractivity contribution in [2.75, 3.05) is 5.32 Å². The molecule has 3 aromatic heterocycles. The van der Waals surface area contributed by atoms with Gasteiger partial charge in [0, 0.05) is 24.1 Å². The van der Waals surface area contributed by atoms with Gasteiger partial charge in [0.15, 0.2) is 11.5 Å². The molecule has 8 nitrogen and oxygen atoms in total. The van der Waals surface area contributed by atoms with E-state index in [-0.39, 0.29) is 0 Å². The predicted octanol–water partition coefficient (Wildman–Crippen LogP) is 5.55. The molecule has 0 bridgehead atoms. The van der Waals surface area contributed by atoms with Crippen LogP contribution in [-0.4, -0.2) is 20.2 Å². The number of anilines is 2. The van der Waals surface area contributed by atoms with Gasteiger partial charge < -0.3 is 14.8 Å². The van der Waals surface area contributed by atoms with Crippen LogP contribution in [0.4, 0.5) is 11.5 Å². The van der Waals surface area contributed by atoms with Crippen molar-refractivity contribution >= 4 is 22.5 Å². The van der Waals surface area contributed by atoms with E-state index in [1.165, 1.54) is 0 Å². The van der Waals surface area contributed by atoms with E-state index in [2.05, 4.69) is 25.5 Å². The van der Waals surface area contributed by atoms with Crippen molar-refractivity contribution in [3.8, 4) is 29.1 Å². The van der Waals surface area contributed by atoms with Gasteiger partial charge in [-0.05, 0) is 48.5 Å². The van der Waals surface area contributed by atoms with E-state index in [1.807, 2.05) is 60.7 Å². The normalized spacial score (nSPS) is 10.5. The molecule has 0 saturated carbocycles. The first-order chi connectivity index (χ1) is 15.8. The zero-order valence-corrected chi connectivity index (χ0v) is 16.7. The van der Waals surface area contributed by atoms with Gasteiger partial charge in [0.25, 0.3) is 0 Å². The molecule has 0 fully saturated rings. The van der Waals surface area contributed by atoms with Gasteiger partial charge in [0.05, 0.1) is 0 Å². The monoisotopic (exact) mass is 420 g/mol. The Labute approximate surface area is 183 Å². The van der Waals surface area contributed by atoms with Gasteiger partial charge in [-0.3, -0.25) is 5.10 Å². The minimum absolute atomic E-state index is 0.308. The molecule has 0 spiro atoms. The number of H-pyrrole nitrogens is 1. The van der Waals surface area contributed by atoms with Crippen molar-refractivity contribution < 1.29 is 9.47 Å². The fraction of sp³-hybridized carbons (Fsp3) is 0. The molecule has 0 saturated heterocycles. The second-order valence-electron chi connectivity index (χ2n) is 6.76. The highest BCUT2D eigenvalue weighted by atomic mass is 16.5. The van der Waals surface area contributed by atoms with Gasteiger partial charge >= 0.3 is 0 Å². The van der Waals surface area contributed by atoms with Gasteiger partial charge in [0.1, 0.15) is 40.1 Å². The number of pyridine rings is 2. The summed E-state index contributed by atoms with van der Waals surface area (Å²) in [7, 11) is 0. The van der Waals surface area contributed by atoms with Crippen LogP contribution in [0.25, 0.3) is 11.0 Å². The third-order valence-corrected chi connectivity index (χ3v) is 4.59. The van der Waals surface area contributed by atoms with Gasteiger partial charge in [-0.1, -0.05) is 18.2 Å². The van der Waals surface area contributed by atoms with Crippen molar-refractivity contribution in [3.05, 3.63) is 90.9 Å². The molecular weight excluding hydrogens is 404 g/mol. The lowest BCUT2D eigenvalue weighted by atomic mass is 10.2. The van der Waals surface area contributed by atoms with E-state index in [0.717, 1.165) is 5.75 Å². The topological polar surface area (TPSA) is 109 Å². The van der Waals surface area contributed by atoms with Crippen LogP contribution >= 0.6 is 0 Å². The second kappa shape index (κ2) is 8.45. The molecule has 0 unspecified atom stereocenters. The highest BCUT2D eigenvalue weighted by molar-refractivity contribution is 5.94. The lowest BCUT2D eigenvalue weighted by Gasteiger charge is -2.10. The first-order valence-corrected chi connectivity index (χ1v) is 9.75. The van der Waals surface area contributed by atoms with Gasteiger partial charge in [-0.2, -0.15) is 10.4 Å². The Balaban J connectivity index is 1.39. The van der Waals surface area contributed by atoms with Crippen molar-refractivity contribution in [1.29, 1.82) is 5.26 Å². The van der Waals surface area contributed by atoms with E-state index in [0.29, 0.717) is 45.5 Å². The van der Waals surface area contributed by atoms with Crippen molar-refractivity contribution in [3.63, 3.8) is 0 Å². The number of hydrogen-bond acceptors (Lipinski definition) is 7. The second-order valence-corrected chi connectivity index (χ2v) is 6.76. The predicted molar refractivity (Wildman–Crippen MR) is 119 cm³/mol. The number of hydrogen-bond donors (Lipinski definition) is 2. The minimum Gasteiger partial charge on any atom is -0.457 e. The van der Waals surface area contributed by atoms with Gasteiger partial charge in [-0.15, -0.1) is 0 Å². The molecule has 3 heterocycles. The van der Waals surface area contributed by atoms with E-state index in [4.69, 9.17) is 14.7 Å². The Morgan fingerprint density at radius 2 is 1.53 bits per heavy atom. The molecule has 32 heavy (non-hydrogen) atoms. The molecule has 8 heteroatoms. The molecule has 0 aliphatic rings. The standard InChI is InChI=1S/C24H16N6O2/c25-15-17-14-16(10-12-26-17)28-24-22-21(11-13-27-23(22)29-30-24)32-20-8-6-19(7-9-20)31-18-4-2-1-3-5-18/h1-14H,(H2,26,27,28,29,30). The van der Waals surface area contributed by atoms with Gasteiger partial charge in [-0.25, -0.2) is 9.97 Å². The van der Waals surface area contributed by atoms with E-state index in [1.54, 1.807) is 30.6 Å². The molecule has 0 radical (unpaired) electrons. The zero-order valence-electron chi connectivity index (χ0n) is 16.7. The maximum atomic E-state index is 9.07. The molecule has 5 aromatic rings. The van der Waals surface area contributed by atoms with Crippen LogP contribution in [0.3, 0.4) is 0 Å². The lowest BCUT2D eigenvalue weighted by Crippen LogP contribution is -1.94. The maximum Gasteiger partial charge on any atom is 0.165 e. The number of ether oxygens (including phenoxy) is 2. The molecule has 5 rings (SSSR count). The Hall–Kier alpha value is -4.90. The van der Waals surface area contributed by atoms with Crippen molar-refractivity contribution in [1.82, 2.24) is 20.2 Å². The summed E-state index contributed by atoms with van der Waals surface area (Å²) in [6.45, 7) is 0. The van der Waals surface area contributed by atoms with Crippen molar-refractivity contribution in [2.24, 2.45) is 0 Å². The zero-order chi connectivity index (χ0) is 21.8. The average molecular weight is 420 g/mol. The highest BCUT2D eigenvalue weighted by Crippen LogP contribution is 2.34. The van der Waals surface area contributed by atoms with Crippen molar-refractivity contribution in [2.45, 2.75) is 0 Å². The van der Waals surface area contributed by atoms with Crippen LogP contribution in [0, 0.1) is 11.3 Å². The molecule has 0 atom stereocenters. The Bertz CT molecular complexity index is 1410. The number of nitrogens with zero attached hydrogens (tertiary/aromatic N) is 4. The molecule has 2 aromatic carbocycles. The Morgan fingerprint density at radius 3 is 2.31 bits per heavy atom. The SMILES string of the molecule is N#Cc1cc(Nc2n[nH]c3nccc(Oc4ccc(Oc5ccccc5)cc4)c23)ccn1. The number of aromatic amines is 1. The first-order valence-electron chi connectivity index (χ1n) is 9.75. The third-order valence-electron chi connectivity index (χ3n) is 4.59. The number of nitriles is 1. The fourth-order valence-electron chi connectivity index (χ4n) is 3.13. The van der Waals surface area contributed by atoms with E-state index < -0.39 is 0 Å². The lowest BCUT2D eigenvalue weighted by molar-refractivity contribution is 0.471. The minimum atomic E-state index is 0.308. The van der Waals surface area contributed by atoms with Gasteiger partial charge in [0.2, 0.25) is 0 Å². The molecule has 0 aliphatic heterocycles. The summed E-state index contributed by atoms with van der Waals surface area (Å²) in [5.74, 6) is 3.22. The summed E-state index contributed by atoms with van der Waals surface area (Å²) in [6.07, 6.45) is 3.21. The van der Waals surface area contributed by atoms with E-state index >= 15 is 0 Å². The quantitative estimate of drug-likeness (QED) is 0.370. The van der Waals surface area contributed by atoms with Crippen LogP contribution in [0.5, 0.6) is 23.0 Å². The van der Waals surface area contributed by atoms with Crippen LogP contribution in [0.15, 0.2) is 85.2 Å². The van der Waals surface area contributed by atoms with Crippen LogP contribution in [0.2, 0.25) is 0 Å². The summed E-state index contributed by atoms with van der Waals surface area (Å²) < 4.78 is 11.9. The summed E-state index contributed by atoms with van der Waals surface area (Å²) in [5, 5.41) is 20.2. The average Bonchev–Trinajstić information content (AvgIpc) is 3.25. The summed E-state index contributed by atoms with van der Waals surface area (Å²) in [6, 6.07) is 24.1. The number of aromatic nitrogens is 4. The maximum absolute atomic E-state index is 9.07. The van der Waals surface area contributed by atoms with Crippen LogP contribution in [0.1, 0.15) is 5.69 Å². The van der Waals surface area contributed by atoms with Crippen LogP contribution in [-0.2, 0) is 0 Å². The fourth-order valence-corrected chi connectivity index (χ4v) is 3.13. The largest absolute Gasteiger partial charge is 0.457 e. The van der Waals surface area contributed by atoms with E-state index in [9.17, 15) is 0 Å². The highest BCUT2D eigenvalue weighted by Gasteiger charge is 2.14. The Kier molecular flexibility index (Phi) is 5.04. The summed E-state index contributed by atoms with van der Waals surface area (Å²) in [4.78, 5) is 8.30. The Morgan fingerprint density at radius 1 is 0.812 bits per heavy atom. The van der Waals surface area contributed by atoms with Crippen LogP contribution < -0.4 is 14.8 Å². The number of fused-ring (bicyclic) bond motifs is 1.